The van der Waals surface area contributed by atoms with E-state index in [1.165, 1.54) is 5.56 Å². The molecule has 0 spiro atoms. The Balaban J connectivity index is 1.96. The molecule has 2 aromatic rings. The first kappa shape index (κ1) is 12.1. The van der Waals surface area contributed by atoms with E-state index in [0.29, 0.717) is 0 Å². The van der Waals surface area contributed by atoms with Gasteiger partial charge in [-0.15, -0.1) is 0 Å². The average molecular weight is 237 g/mol. The summed E-state index contributed by atoms with van der Waals surface area (Å²) in [7, 11) is 1.65. The Kier molecular flexibility index (Phi) is 4.31. The maximum Gasteiger partial charge on any atom is 0.119 e. The van der Waals surface area contributed by atoms with Crippen LogP contribution in [0.4, 0.5) is 5.69 Å². The standard InChI is InChI=1S/C16H15NO/c1-18-16-11-9-15(10-12-16)17-13-5-8-14-6-3-2-4-7-14/h2-13H,1H3/b8-5+,17-13-. The van der Waals surface area contributed by atoms with Gasteiger partial charge in [0, 0.05) is 6.21 Å². The average Bonchev–Trinajstić information content (AvgIpc) is 2.45. The van der Waals surface area contributed by atoms with Crippen LogP contribution < -0.4 is 4.74 Å². The van der Waals surface area contributed by atoms with Crippen LogP contribution in [0.15, 0.2) is 65.7 Å². The number of aliphatic imine (C=N–C) groups is 1. The van der Waals surface area contributed by atoms with Gasteiger partial charge in [-0.05, 0) is 35.9 Å². The third kappa shape index (κ3) is 3.59. The van der Waals surface area contributed by atoms with Crippen molar-refractivity contribution in [1.29, 1.82) is 0 Å². The van der Waals surface area contributed by atoms with Crippen LogP contribution in [0, 0.1) is 0 Å². The highest BCUT2D eigenvalue weighted by atomic mass is 16.5. The topological polar surface area (TPSA) is 21.6 Å². The van der Waals surface area contributed by atoms with E-state index in [1.54, 1.807) is 13.3 Å². The van der Waals surface area contributed by atoms with Crippen molar-refractivity contribution in [3.8, 4) is 5.75 Å². The van der Waals surface area contributed by atoms with E-state index in [4.69, 9.17) is 4.74 Å². The lowest BCUT2D eigenvalue weighted by molar-refractivity contribution is 0.415. The highest BCUT2D eigenvalue weighted by Crippen LogP contribution is 2.17. The van der Waals surface area contributed by atoms with E-state index in [-0.39, 0.29) is 0 Å². The van der Waals surface area contributed by atoms with E-state index in [2.05, 4.69) is 17.1 Å². The lowest BCUT2D eigenvalue weighted by atomic mass is 10.2. The molecule has 0 aliphatic rings. The number of benzene rings is 2. The summed E-state index contributed by atoms with van der Waals surface area (Å²) < 4.78 is 5.09. The number of hydrogen-bond donors (Lipinski definition) is 0. The monoisotopic (exact) mass is 237 g/mol. The van der Waals surface area contributed by atoms with Crippen molar-refractivity contribution >= 4 is 18.0 Å². The molecule has 0 N–H and O–H groups in total. The van der Waals surface area contributed by atoms with Crippen molar-refractivity contribution in [3.05, 3.63) is 66.2 Å². The third-order valence-electron chi connectivity index (χ3n) is 2.47. The fourth-order valence-corrected chi connectivity index (χ4v) is 1.52. The van der Waals surface area contributed by atoms with E-state index < -0.39 is 0 Å². The summed E-state index contributed by atoms with van der Waals surface area (Å²) in [6, 6.07) is 17.8. The largest absolute Gasteiger partial charge is 0.497 e. The van der Waals surface area contributed by atoms with E-state index in [9.17, 15) is 0 Å². The van der Waals surface area contributed by atoms with Crippen molar-refractivity contribution in [2.75, 3.05) is 7.11 Å². The highest BCUT2D eigenvalue weighted by molar-refractivity contribution is 5.80. The van der Waals surface area contributed by atoms with Gasteiger partial charge in [-0.2, -0.15) is 0 Å². The molecule has 0 saturated heterocycles. The van der Waals surface area contributed by atoms with Crippen molar-refractivity contribution < 1.29 is 4.74 Å². The van der Waals surface area contributed by atoms with Crippen molar-refractivity contribution in [1.82, 2.24) is 0 Å². The molecule has 2 heteroatoms. The molecule has 0 fully saturated rings. The van der Waals surface area contributed by atoms with E-state index in [0.717, 1.165) is 11.4 Å². The Morgan fingerprint density at radius 2 is 1.67 bits per heavy atom. The summed E-state index contributed by atoms with van der Waals surface area (Å²) in [5, 5.41) is 0. The second-order valence-electron chi connectivity index (χ2n) is 3.75. The molecule has 2 nitrogen and oxygen atoms in total. The Labute approximate surface area is 107 Å². The molecular formula is C16H15NO. The Hall–Kier alpha value is -2.35. The predicted molar refractivity (Wildman–Crippen MR) is 76.6 cm³/mol. The number of ether oxygens (including phenoxy) is 1. The minimum atomic E-state index is 0.841. The van der Waals surface area contributed by atoms with Crippen LogP contribution in [-0.2, 0) is 0 Å². The quantitative estimate of drug-likeness (QED) is 0.733. The highest BCUT2D eigenvalue weighted by Gasteiger charge is 1.89. The summed E-state index contributed by atoms with van der Waals surface area (Å²) in [6.07, 6.45) is 5.74. The number of allylic oxidation sites excluding steroid dienone is 1. The van der Waals surface area contributed by atoms with Crippen LogP contribution in [0.25, 0.3) is 6.08 Å². The number of methoxy groups -OCH3 is 1. The summed E-state index contributed by atoms with van der Waals surface area (Å²) in [6.45, 7) is 0. The SMILES string of the molecule is COc1ccc(/N=C\C=C\c2ccccc2)cc1. The summed E-state index contributed by atoms with van der Waals surface area (Å²) in [5.41, 5.74) is 2.08. The first-order valence-corrected chi connectivity index (χ1v) is 5.78. The first-order chi connectivity index (χ1) is 8.88. The van der Waals surface area contributed by atoms with Crippen LogP contribution in [0.5, 0.6) is 5.75 Å². The molecule has 90 valence electrons. The molecule has 0 unspecified atom stereocenters. The maximum atomic E-state index is 5.09. The zero-order valence-electron chi connectivity index (χ0n) is 10.3. The zero-order valence-corrected chi connectivity index (χ0v) is 10.3. The van der Waals surface area contributed by atoms with Gasteiger partial charge in [0.25, 0.3) is 0 Å². The Bertz CT molecular complexity index is 527. The van der Waals surface area contributed by atoms with Crippen LogP contribution in [0.1, 0.15) is 5.56 Å². The fraction of sp³-hybridized carbons (Fsp3) is 0.0625. The normalized spacial score (nSPS) is 11.2. The molecule has 0 bridgehead atoms. The fourth-order valence-electron chi connectivity index (χ4n) is 1.52. The Morgan fingerprint density at radius 1 is 0.944 bits per heavy atom. The Morgan fingerprint density at radius 3 is 2.33 bits per heavy atom. The summed E-state index contributed by atoms with van der Waals surface area (Å²) >= 11 is 0. The minimum Gasteiger partial charge on any atom is -0.497 e. The second-order valence-corrected chi connectivity index (χ2v) is 3.75. The van der Waals surface area contributed by atoms with Gasteiger partial charge in [0.05, 0.1) is 12.8 Å². The minimum absolute atomic E-state index is 0.841. The number of rotatable bonds is 4. The van der Waals surface area contributed by atoms with Gasteiger partial charge in [-0.1, -0.05) is 36.4 Å². The van der Waals surface area contributed by atoms with E-state index in [1.807, 2.05) is 54.6 Å². The van der Waals surface area contributed by atoms with Crippen LogP contribution >= 0.6 is 0 Å². The second kappa shape index (κ2) is 6.40. The van der Waals surface area contributed by atoms with Crippen LogP contribution in [0.2, 0.25) is 0 Å². The van der Waals surface area contributed by atoms with Gasteiger partial charge in [0.2, 0.25) is 0 Å². The van der Waals surface area contributed by atoms with Crippen molar-refractivity contribution in [2.45, 2.75) is 0 Å². The first-order valence-electron chi connectivity index (χ1n) is 5.78. The maximum absolute atomic E-state index is 5.09. The van der Waals surface area contributed by atoms with Gasteiger partial charge >= 0.3 is 0 Å². The molecule has 2 aromatic carbocycles. The molecule has 0 saturated carbocycles. The molecule has 0 radical (unpaired) electrons. The number of nitrogens with zero attached hydrogens (tertiary/aromatic N) is 1. The van der Waals surface area contributed by atoms with Gasteiger partial charge in [-0.25, -0.2) is 0 Å². The van der Waals surface area contributed by atoms with E-state index >= 15 is 0 Å². The summed E-state index contributed by atoms with van der Waals surface area (Å²) in [4.78, 5) is 4.33. The lowest BCUT2D eigenvalue weighted by Crippen LogP contribution is -1.79. The molecule has 0 aromatic heterocycles. The molecule has 0 amide bonds. The van der Waals surface area contributed by atoms with Crippen LogP contribution in [0.3, 0.4) is 0 Å². The molecular weight excluding hydrogens is 222 g/mol. The molecule has 0 atom stereocenters. The predicted octanol–water partition coefficient (Wildman–Crippen LogP) is 4.11. The van der Waals surface area contributed by atoms with Gasteiger partial charge in [0.15, 0.2) is 0 Å². The van der Waals surface area contributed by atoms with Crippen LogP contribution in [-0.4, -0.2) is 13.3 Å². The molecule has 0 aliphatic carbocycles. The van der Waals surface area contributed by atoms with Gasteiger partial charge in [-0.3, -0.25) is 4.99 Å². The van der Waals surface area contributed by atoms with Crippen molar-refractivity contribution in [3.63, 3.8) is 0 Å². The molecule has 0 aliphatic heterocycles. The smallest absolute Gasteiger partial charge is 0.119 e. The summed E-state index contributed by atoms with van der Waals surface area (Å²) in [5.74, 6) is 0.841. The van der Waals surface area contributed by atoms with Crippen molar-refractivity contribution in [2.24, 2.45) is 4.99 Å². The zero-order chi connectivity index (χ0) is 12.6. The molecule has 2 rings (SSSR count). The number of hydrogen-bond acceptors (Lipinski definition) is 2. The molecule has 0 heterocycles. The third-order valence-corrected chi connectivity index (χ3v) is 2.47. The lowest BCUT2D eigenvalue weighted by Gasteiger charge is -1.98. The van der Waals surface area contributed by atoms with Gasteiger partial charge < -0.3 is 4.74 Å². The molecule has 18 heavy (non-hydrogen) atoms. The van der Waals surface area contributed by atoms with Gasteiger partial charge in [0.1, 0.15) is 5.75 Å².